The Kier molecular flexibility index (Phi) is 7.30. The Morgan fingerprint density at radius 2 is 1.74 bits per heavy atom. The van der Waals surface area contributed by atoms with Gasteiger partial charge in [0.2, 0.25) is 5.91 Å². The summed E-state index contributed by atoms with van der Waals surface area (Å²) < 4.78 is 5.58. The highest BCUT2D eigenvalue weighted by atomic mass is 16.5. The number of fused-ring (bicyclic) bond motifs is 3. The number of alkyl carbamates (subject to hydrolysis) is 1. The fourth-order valence-electron chi connectivity index (χ4n) is 4.70. The zero-order chi connectivity index (χ0) is 24.1. The molecule has 0 spiro atoms. The smallest absolute Gasteiger partial charge is 0.407 e. The molecular formula is C27H30N2O5. The Labute approximate surface area is 199 Å². The third-order valence-corrected chi connectivity index (χ3v) is 6.76. The van der Waals surface area contributed by atoms with Crippen molar-refractivity contribution in [2.24, 2.45) is 5.92 Å². The van der Waals surface area contributed by atoms with Crippen LogP contribution in [0.3, 0.4) is 0 Å². The molecule has 2 aromatic rings. The van der Waals surface area contributed by atoms with Gasteiger partial charge in [-0.2, -0.15) is 0 Å². The first kappa shape index (κ1) is 23.5. The molecule has 2 N–H and O–H groups in total. The van der Waals surface area contributed by atoms with Crippen molar-refractivity contribution >= 4 is 18.0 Å². The van der Waals surface area contributed by atoms with Crippen LogP contribution in [-0.2, 0) is 14.3 Å². The van der Waals surface area contributed by atoms with Gasteiger partial charge in [0.1, 0.15) is 6.61 Å². The Hall–Kier alpha value is -3.61. The number of amides is 2. The summed E-state index contributed by atoms with van der Waals surface area (Å²) in [6.07, 6.45) is 2.51. The predicted octanol–water partition coefficient (Wildman–Crippen LogP) is 4.18. The third kappa shape index (κ3) is 5.14. The lowest BCUT2D eigenvalue weighted by Gasteiger charge is -2.27. The summed E-state index contributed by atoms with van der Waals surface area (Å²) in [5.41, 5.74) is 5.04. The van der Waals surface area contributed by atoms with Crippen LogP contribution in [0.15, 0.2) is 60.2 Å². The highest BCUT2D eigenvalue weighted by Crippen LogP contribution is 2.44. The molecular weight excluding hydrogens is 432 g/mol. The van der Waals surface area contributed by atoms with Crippen molar-refractivity contribution in [1.82, 2.24) is 10.2 Å². The number of hydrogen-bond acceptors (Lipinski definition) is 4. The number of aliphatic carboxylic acids is 1. The summed E-state index contributed by atoms with van der Waals surface area (Å²) >= 11 is 0. The van der Waals surface area contributed by atoms with E-state index in [1.54, 1.807) is 11.0 Å². The first-order valence-corrected chi connectivity index (χ1v) is 11.8. The van der Waals surface area contributed by atoms with Crippen molar-refractivity contribution < 1.29 is 24.2 Å². The number of carboxylic acid groups (broad SMARTS) is 1. The summed E-state index contributed by atoms with van der Waals surface area (Å²) in [6.45, 7) is 3.31. The maximum atomic E-state index is 12.6. The van der Waals surface area contributed by atoms with Crippen LogP contribution in [0.5, 0.6) is 0 Å². The molecule has 0 saturated carbocycles. The number of nitrogens with zero attached hydrogens (tertiary/aromatic N) is 1. The maximum absolute atomic E-state index is 12.6. The number of ether oxygens (including phenoxy) is 1. The van der Waals surface area contributed by atoms with Gasteiger partial charge in [-0.05, 0) is 34.6 Å². The summed E-state index contributed by atoms with van der Waals surface area (Å²) in [5.74, 6) is -0.963. The van der Waals surface area contributed by atoms with Gasteiger partial charge in [-0.15, -0.1) is 0 Å². The van der Waals surface area contributed by atoms with Crippen LogP contribution in [-0.4, -0.2) is 54.2 Å². The second kappa shape index (κ2) is 10.5. The lowest BCUT2D eigenvalue weighted by atomic mass is 9.98. The molecule has 34 heavy (non-hydrogen) atoms. The van der Waals surface area contributed by atoms with Crippen molar-refractivity contribution in [2.75, 3.05) is 26.2 Å². The third-order valence-electron chi connectivity index (χ3n) is 6.76. The molecule has 1 heterocycles. The molecule has 7 heteroatoms. The minimum atomic E-state index is -0.925. The molecule has 1 unspecified atom stereocenters. The molecule has 178 valence electrons. The van der Waals surface area contributed by atoms with E-state index in [4.69, 9.17) is 9.84 Å². The van der Waals surface area contributed by atoms with Crippen molar-refractivity contribution in [2.45, 2.75) is 32.1 Å². The van der Waals surface area contributed by atoms with Crippen LogP contribution < -0.4 is 5.32 Å². The number of hydrogen-bond donors (Lipinski definition) is 2. The normalized spacial score (nSPS) is 15.7. The molecule has 2 aromatic carbocycles. The molecule has 1 aliphatic heterocycles. The lowest BCUT2D eigenvalue weighted by molar-refractivity contribution is -0.135. The highest BCUT2D eigenvalue weighted by molar-refractivity contribution is 5.87. The van der Waals surface area contributed by atoms with Crippen LogP contribution in [0.4, 0.5) is 4.79 Å². The fourth-order valence-corrected chi connectivity index (χ4v) is 4.70. The number of carbonyl (C=O) groups is 3. The van der Waals surface area contributed by atoms with E-state index in [1.165, 1.54) is 11.1 Å². The minimum Gasteiger partial charge on any atom is -0.478 e. The Morgan fingerprint density at radius 3 is 2.29 bits per heavy atom. The van der Waals surface area contributed by atoms with E-state index in [0.29, 0.717) is 38.0 Å². The summed E-state index contributed by atoms with van der Waals surface area (Å²) in [5, 5.41) is 11.9. The van der Waals surface area contributed by atoms with Crippen LogP contribution in [0, 0.1) is 5.92 Å². The Bertz CT molecular complexity index is 1060. The van der Waals surface area contributed by atoms with Crippen molar-refractivity contribution in [3.8, 4) is 11.1 Å². The summed E-state index contributed by atoms with van der Waals surface area (Å²) in [6, 6.07) is 16.4. The quantitative estimate of drug-likeness (QED) is 0.613. The van der Waals surface area contributed by atoms with E-state index >= 15 is 0 Å². The van der Waals surface area contributed by atoms with Gasteiger partial charge in [-0.3, -0.25) is 4.79 Å². The average Bonchev–Trinajstić information content (AvgIpc) is 3.18. The molecule has 0 radical (unpaired) electrons. The van der Waals surface area contributed by atoms with Gasteiger partial charge >= 0.3 is 12.1 Å². The molecule has 4 rings (SSSR count). The summed E-state index contributed by atoms with van der Waals surface area (Å²) in [4.78, 5) is 37.8. The molecule has 1 atom stereocenters. The molecule has 2 aliphatic rings. The van der Waals surface area contributed by atoms with Crippen LogP contribution in [0.25, 0.3) is 11.1 Å². The average molecular weight is 463 g/mol. The number of benzene rings is 2. The van der Waals surface area contributed by atoms with Gasteiger partial charge in [0, 0.05) is 37.5 Å². The van der Waals surface area contributed by atoms with E-state index in [2.05, 4.69) is 29.6 Å². The van der Waals surface area contributed by atoms with Crippen molar-refractivity contribution in [1.29, 1.82) is 0 Å². The predicted molar refractivity (Wildman–Crippen MR) is 128 cm³/mol. The number of carboxylic acids is 1. The number of carbonyl (C=O) groups excluding carboxylic acids is 2. The first-order valence-electron chi connectivity index (χ1n) is 11.8. The van der Waals surface area contributed by atoms with Crippen molar-refractivity contribution in [3.63, 3.8) is 0 Å². The molecule has 2 amide bonds. The van der Waals surface area contributed by atoms with Crippen LogP contribution in [0.2, 0.25) is 0 Å². The molecule has 0 bridgehead atoms. The van der Waals surface area contributed by atoms with Gasteiger partial charge in [-0.25, -0.2) is 9.59 Å². The Morgan fingerprint density at radius 1 is 1.09 bits per heavy atom. The molecule has 0 aromatic heterocycles. The zero-order valence-corrected chi connectivity index (χ0v) is 19.3. The number of nitrogens with one attached hydrogen (secondary N) is 1. The van der Waals surface area contributed by atoms with E-state index < -0.39 is 12.1 Å². The van der Waals surface area contributed by atoms with Crippen LogP contribution in [0.1, 0.15) is 43.2 Å². The van der Waals surface area contributed by atoms with Gasteiger partial charge in [0.25, 0.3) is 0 Å². The minimum absolute atomic E-state index is 0.00421. The van der Waals surface area contributed by atoms with Gasteiger partial charge < -0.3 is 20.1 Å². The second-order valence-electron chi connectivity index (χ2n) is 8.81. The largest absolute Gasteiger partial charge is 0.478 e. The standard InChI is InChI=1S/C27H30N2O5/c1-2-18(15-25(30)29-13-11-19(12-14-29)26(31)32)16-28-27(33)34-17-24-22-9-5-3-7-20(22)21-8-4-6-10-23(21)24/h3-11,18,24H,2,12-17H2,1H3,(H,28,33)(H,31,32). The molecule has 0 saturated heterocycles. The zero-order valence-electron chi connectivity index (χ0n) is 19.3. The van der Waals surface area contributed by atoms with Gasteiger partial charge in [0.05, 0.1) is 0 Å². The number of rotatable bonds is 8. The molecule has 0 fully saturated rings. The van der Waals surface area contributed by atoms with E-state index in [-0.39, 0.29) is 24.3 Å². The van der Waals surface area contributed by atoms with E-state index in [0.717, 1.165) is 17.5 Å². The monoisotopic (exact) mass is 462 g/mol. The molecule has 7 nitrogen and oxygen atoms in total. The highest BCUT2D eigenvalue weighted by Gasteiger charge is 2.29. The topological polar surface area (TPSA) is 95.9 Å². The second-order valence-corrected chi connectivity index (χ2v) is 8.81. The lowest BCUT2D eigenvalue weighted by Crippen LogP contribution is -2.38. The van der Waals surface area contributed by atoms with Crippen LogP contribution >= 0.6 is 0 Å². The Balaban J connectivity index is 1.27. The van der Waals surface area contributed by atoms with Gasteiger partial charge in [0.15, 0.2) is 0 Å². The summed E-state index contributed by atoms with van der Waals surface area (Å²) in [7, 11) is 0. The van der Waals surface area contributed by atoms with E-state index in [9.17, 15) is 14.4 Å². The fraction of sp³-hybridized carbons (Fsp3) is 0.370. The van der Waals surface area contributed by atoms with E-state index in [1.807, 2.05) is 31.2 Å². The first-order chi connectivity index (χ1) is 16.5. The maximum Gasteiger partial charge on any atom is 0.407 e. The van der Waals surface area contributed by atoms with Crippen molar-refractivity contribution in [3.05, 3.63) is 71.3 Å². The molecule has 1 aliphatic carbocycles. The van der Waals surface area contributed by atoms with Gasteiger partial charge in [-0.1, -0.05) is 68.0 Å². The SMILES string of the molecule is CCC(CNC(=O)OCC1c2ccccc2-c2ccccc21)CC(=O)N1CC=C(C(=O)O)CC1.